The zero-order chi connectivity index (χ0) is 25.4. The van der Waals surface area contributed by atoms with E-state index in [9.17, 15) is 25.2 Å². The van der Waals surface area contributed by atoms with Crippen LogP contribution in [-0.4, -0.2) is 25.5 Å². The van der Waals surface area contributed by atoms with Crippen LogP contribution in [0.15, 0.2) is 47.4 Å². The van der Waals surface area contributed by atoms with Crippen molar-refractivity contribution in [3.63, 3.8) is 0 Å². The van der Waals surface area contributed by atoms with E-state index in [1.54, 1.807) is 31.2 Å². The summed E-state index contributed by atoms with van der Waals surface area (Å²) in [6.07, 6.45) is 5.49. The monoisotopic (exact) mass is 529 g/mol. The minimum Gasteiger partial charge on any atom is -0.870 e. The summed E-state index contributed by atoms with van der Waals surface area (Å²) in [5.41, 5.74) is 0.542. The van der Waals surface area contributed by atoms with Gasteiger partial charge in [0.05, 0.1) is 19.3 Å². The molecule has 0 atom stereocenters. The summed E-state index contributed by atoms with van der Waals surface area (Å²) in [6, 6.07) is 9.42. The maximum atomic E-state index is 13.0. The van der Waals surface area contributed by atoms with E-state index in [4.69, 9.17) is 9.47 Å². The number of rotatable bonds is 8. The Labute approximate surface area is 256 Å². The predicted molar refractivity (Wildman–Crippen MR) is 129 cm³/mol. The van der Waals surface area contributed by atoms with Crippen LogP contribution in [0.4, 0.5) is 5.00 Å². The van der Waals surface area contributed by atoms with Gasteiger partial charge in [-0.1, -0.05) is 12.2 Å². The molecule has 0 amide bonds. The number of nitriles is 2. The molecule has 2 aromatic rings. The molecular formula is C26H24KN3O5S. The van der Waals surface area contributed by atoms with E-state index in [0.717, 1.165) is 42.2 Å². The van der Waals surface area contributed by atoms with Gasteiger partial charge in [-0.3, -0.25) is 4.79 Å². The normalized spacial score (nSPS) is 12.5. The van der Waals surface area contributed by atoms with Crippen molar-refractivity contribution in [2.45, 2.75) is 39.0 Å². The first-order valence-corrected chi connectivity index (χ1v) is 12.0. The number of carbonyl (C=O) groups is 2. The minimum atomic E-state index is -0.935. The smallest absolute Gasteiger partial charge is 0.870 e. The molecule has 0 saturated heterocycles. The Morgan fingerprint density at radius 2 is 1.81 bits per heavy atom. The number of ketones is 1. The first kappa shape index (κ1) is 29.8. The number of carbonyl (C=O) groups excluding carboxylic acids is 2. The number of allylic oxidation sites excluding steroid dienone is 2. The molecule has 1 aromatic heterocycles. The van der Waals surface area contributed by atoms with Crippen LogP contribution in [0.2, 0.25) is 0 Å². The summed E-state index contributed by atoms with van der Waals surface area (Å²) < 4.78 is 10.4. The van der Waals surface area contributed by atoms with Gasteiger partial charge in [0.1, 0.15) is 28.5 Å². The van der Waals surface area contributed by atoms with E-state index in [-0.39, 0.29) is 69.3 Å². The molecule has 180 valence electrons. The Hall–Kier alpha value is -2.44. The van der Waals surface area contributed by atoms with Crippen molar-refractivity contribution in [2.24, 2.45) is 0 Å². The molecule has 3 rings (SSSR count). The molecule has 1 aliphatic carbocycles. The van der Waals surface area contributed by atoms with Gasteiger partial charge < -0.3 is 19.9 Å². The van der Waals surface area contributed by atoms with E-state index < -0.39 is 23.1 Å². The number of methoxy groups -OCH3 is 1. The molecule has 0 radical (unpaired) electrons. The molecule has 36 heavy (non-hydrogen) atoms. The second kappa shape index (κ2) is 14.3. The van der Waals surface area contributed by atoms with Crippen molar-refractivity contribution in [1.82, 2.24) is 0 Å². The van der Waals surface area contributed by atoms with Gasteiger partial charge in [0.15, 0.2) is 5.78 Å². The van der Waals surface area contributed by atoms with E-state index in [0.29, 0.717) is 22.7 Å². The van der Waals surface area contributed by atoms with Crippen LogP contribution >= 0.6 is 11.3 Å². The first-order valence-electron chi connectivity index (χ1n) is 11.1. The average Bonchev–Trinajstić information content (AvgIpc) is 3.04. The largest absolute Gasteiger partial charge is 1.00 e. The van der Waals surface area contributed by atoms with Gasteiger partial charge in [0.25, 0.3) is 0 Å². The van der Waals surface area contributed by atoms with Gasteiger partial charge in [0, 0.05) is 22.2 Å². The number of benzene rings is 1. The third-order valence-electron chi connectivity index (χ3n) is 5.49. The molecule has 1 heterocycles. The molecule has 1 N–H and O–H groups in total. The number of fused-ring (bicyclic) bond motifs is 1. The van der Waals surface area contributed by atoms with Crippen LogP contribution in [0.3, 0.4) is 0 Å². The van der Waals surface area contributed by atoms with Gasteiger partial charge >= 0.3 is 57.4 Å². The van der Waals surface area contributed by atoms with Crippen molar-refractivity contribution < 1.29 is 75.6 Å². The van der Waals surface area contributed by atoms with E-state index in [1.807, 2.05) is 0 Å². The van der Waals surface area contributed by atoms with Gasteiger partial charge in [0.2, 0.25) is 0 Å². The summed E-state index contributed by atoms with van der Waals surface area (Å²) in [7, 11) is 1.50. The number of ether oxygens (including phenoxy) is 2. The number of anilines is 1. The number of hydrogen-bond acceptors (Lipinski definition) is 9. The third kappa shape index (κ3) is 7.07. The molecule has 0 unspecified atom stereocenters. The van der Waals surface area contributed by atoms with E-state index in [2.05, 4.69) is 5.32 Å². The second-order valence-electron chi connectivity index (χ2n) is 7.69. The van der Waals surface area contributed by atoms with Crippen LogP contribution in [-0.2, 0) is 17.6 Å². The van der Waals surface area contributed by atoms with Crippen LogP contribution in [0.25, 0.3) is 0 Å². The standard InChI is InChI=1S/C26H25N3O5S.K/c1-3-34-26(32)23-19-7-5-4-6-8-22(19)35-25(23)29-20(24(31)17(14-27)15-28)13-21(30)16-9-11-18(33-2)12-10-16;/h9-13,29,31H,3-8H2,1-2H3;/q;+1/p-1/b20-13-;. The van der Waals surface area contributed by atoms with Crippen molar-refractivity contribution in [2.75, 3.05) is 19.0 Å². The third-order valence-corrected chi connectivity index (χ3v) is 6.70. The fraction of sp³-hybridized carbons (Fsp3) is 0.308. The first-order chi connectivity index (χ1) is 16.9. The molecule has 0 spiro atoms. The molecule has 1 aromatic carbocycles. The fourth-order valence-corrected chi connectivity index (χ4v) is 5.05. The van der Waals surface area contributed by atoms with Crippen molar-refractivity contribution in [3.8, 4) is 17.9 Å². The maximum Gasteiger partial charge on any atom is 1.00 e. The molecular weight excluding hydrogens is 505 g/mol. The number of esters is 1. The molecule has 8 nitrogen and oxygen atoms in total. The average molecular weight is 530 g/mol. The number of hydrogen-bond donors (Lipinski definition) is 1. The number of aryl methyl sites for hydroxylation is 1. The molecule has 1 aliphatic rings. The zero-order valence-electron chi connectivity index (χ0n) is 20.5. The Balaban J connectivity index is 0.00000456. The molecule has 10 heteroatoms. The van der Waals surface area contributed by atoms with Crippen LogP contribution in [0, 0.1) is 22.7 Å². The van der Waals surface area contributed by atoms with Crippen molar-refractivity contribution >= 4 is 28.1 Å². The van der Waals surface area contributed by atoms with Crippen LogP contribution < -0.4 is 66.5 Å². The van der Waals surface area contributed by atoms with Gasteiger partial charge in [-0.25, -0.2) is 4.79 Å². The van der Waals surface area contributed by atoms with E-state index in [1.165, 1.54) is 30.6 Å². The Kier molecular flexibility index (Phi) is 11.9. The van der Waals surface area contributed by atoms with Gasteiger partial charge in [-0.05, 0) is 62.4 Å². The topological polar surface area (TPSA) is 135 Å². The molecule has 0 bridgehead atoms. The zero-order valence-corrected chi connectivity index (χ0v) is 24.4. The second-order valence-corrected chi connectivity index (χ2v) is 8.80. The summed E-state index contributed by atoms with van der Waals surface area (Å²) >= 11 is 1.32. The maximum absolute atomic E-state index is 13.0. The fourth-order valence-electron chi connectivity index (χ4n) is 3.76. The number of nitrogens with one attached hydrogen (secondary N) is 1. The van der Waals surface area contributed by atoms with Gasteiger partial charge in [-0.15, -0.1) is 11.3 Å². The summed E-state index contributed by atoms with van der Waals surface area (Å²) in [4.78, 5) is 26.8. The predicted octanol–water partition coefficient (Wildman–Crippen LogP) is 1.05. The van der Waals surface area contributed by atoms with Gasteiger partial charge in [-0.2, -0.15) is 10.5 Å². The Bertz CT molecular complexity index is 1250. The quantitative estimate of drug-likeness (QED) is 0.0784. The summed E-state index contributed by atoms with van der Waals surface area (Å²) in [5.74, 6) is -1.42. The summed E-state index contributed by atoms with van der Waals surface area (Å²) in [5, 5.41) is 34.7. The number of thiophene rings is 1. The molecule has 0 fully saturated rings. The van der Waals surface area contributed by atoms with Crippen molar-refractivity contribution in [1.29, 1.82) is 10.5 Å². The minimum absolute atomic E-state index is 0. The molecule has 0 saturated carbocycles. The van der Waals surface area contributed by atoms with Crippen molar-refractivity contribution in [3.05, 3.63) is 68.9 Å². The van der Waals surface area contributed by atoms with Crippen LogP contribution in [0.1, 0.15) is 57.3 Å². The van der Waals surface area contributed by atoms with E-state index >= 15 is 0 Å². The molecule has 0 aliphatic heterocycles. The Morgan fingerprint density at radius 3 is 2.42 bits per heavy atom. The number of nitrogens with zero attached hydrogens (tertiary/aromatic N) is 2. The Morgan fingerprint density at radius 1 is 1.14 bits per heavy atom. The van der Waals surface area contributed by atoms with Crippen LogP contribution in [0.5, 0.6) is 5.75 Å². The SMILES string of the molecule is CCOC(=O)c1c(N/C(=C\C(=O)c2ccc(OC)cc2)C([O-])=C(C#N)C#N)sc2c1CCCCC2.[K+]. The summed E-state index contributed by atoms with van der Waals surface area (Å²) in [6.45, 7) is 1.89.